The molecule has 0 aromatic carbocycles. The lowest BCUT2D eigenvalue weighted by atomic mass is 9.68. The summed E-state index contributed by atoms with van der Waals surface area (Å²) in [6, 6.07) is 0. The van der Waals surface area contributed by atoms with E-state index in [-0.39, 0.29) is 10.8 Å². The molecule has 0 radical (unpaired) electrons. The van der Waals surface area contributed by atoms with Crippen molar-refractivity contribution in [1.82, 2.24) is 0 Å². The summed E-state index contributed by atoms with van der Waals surface area (Å²) in [5, 5.41) is 0. The highest BCUT2D eigenvalue weighted by molar-refractivity contribution is 5.50. The first-order chi connectivity index (χ1) is 5.31. The first kappa shape index (κ1) is 14.2. The second kappa shape index (κ2) is 5.31. The van der Waals surface area contributed by atoms with Crippen LogP contribution in [-0.2, 0) is 4.79 Å². The lowest BCUT2D eigenvalue weighted by molar-refractivity contribution is -0.110. The minimum Gasteiger partial charge on any atom is -0.333 e. The van der Waals surface area contributed by atoms with Gasteiger partial charge in [0, 0.05) is 6.42 Å². The van der Waals surface area contributed by atoms with Crippen LogP contribution in [0.15, 0.2) is 0 Å². The van der Waals surface area contributed by atoms with Crippen LogP contribution in [0.4, 0.5) is 0 Å². The molecule has 0 aromatic rings. The summed E-state index contributed by atoms with van der Waals surface area (Å²) in [5.74, 6) is 0. The van der Waals surface area contributed by atoms with Gasteiger partial charge in [0.15, 0.2) is 0 Å². The van der Waals surface area contributed by atoms with Crippen LogP contribution in [-0.4, -0.2) is 13.3 Å². The Balaban J connectivity index is 0. The average molecular weight is 173 g/mol. The topological polar surface area (TPSA) is 43.1 Å². The molecule has 2 nitrogen and oxygen atoms in total. The van der Waals surface area contributed by atoms with Gasteiger partial charge in [0.1, 0.15) is 6.29 Å². The largest absolute Gasteiger partial charge is 0.333 e. The SMILES string of the molecule is CC(C)(C)C(C)(C)CC=O.CN. The molecule has 2 N–H and O–H groups in total. The van der Waals surface area contributed by atoms with Gasteiger partial charge in [0.25, 0.3) is 0 Å². The zero-order valence-electron chi connectivity index (χ0n) is 9.27. The summed E-state index contributed by atoms with van der Waals surface area (Å²) < 4.78 is 0. The molecule has 74 valence electrons. The van der Waals surface area contributed by atoms with Crippen molar-refractivity contribution in [2.45, 2.75) is 41.0 Å². The van der Waals surface area contributed by atoms with Gasteiger partial charge in [-0.2, -0.15) is 0 Å². The van der Waals surface area contributed by atoms with Gasteiger partial charge in [-0.05, 0) is 17.9 Å². The zero-order valence-corrected chi connectivity index (χ0v) is 9.27. The molecule has 0 heterocycles. The van der Waals surface area contributed by atoms with Crippen molar-refractivity contribution >= 4 is 6.29 Å². The molecular weight excluding hydrogens is 150 g/mol. The molecule has 12 heavy (non-hydrogen) atoms. The van der Waals surface area contributed by atoms with Crippen LogP contribution in [0.1, 0.15) is 41.0 Å². The monoisotopic (exact) mass is 173 g/mol. The van der Waals surface area contributed by atoms with Crippen LogP contribution in [0.25, 0.3) is 0 Å². The minimum atomic E-state index is 0.120. The van der Waals surface area contributed by atoms with Gasteiger partial charge in [-0.1, -0.05) is 34.6 Å². The van der Waals surface area contributed by atoms with Gasteiger partial charge >= 0.3 is 0 Å². The Morgan fingerprint density at radius 2 is 1.42 bits per heavy atom. The minimum absolute atomic E-state index is 0.120. The summed E-state index contributed by atoms with van der Waals surface area (Å²) in [7, 11) is 1.50. The summed E-state index contributed by atoms with van der Waals surface area (Å²) in [6.45, 7) is 10.7. The number of rotatable bonds is 2. The molecule has 2 heteroatoms. The van der Waals surface area contributed by atoms with Crippen molar-refractivity contribution < 1.29 is 4.79 Å². The third-order valence-corrected chi connectivity index (χ3v) is 2.62. The van der Waals surface area contributed by atoms with Crippen LogP contribution >= 0.6 is 0 Å². The molecule has 0 amide bonds. The van der Waals surface area contributed by atoms with E-state index in [0.717, 1.165) is 6.29 Å². The maximum atomic E-state index is 10.3. The van der Waals surface area contributed by atoms with Crippen LogP contribution in [0.5, 0.6) is 0 Å². The number of carbonyl (C=O) groups excluding carboxylic acids is 1. The van der Waals surface area contributed by atoms with Crippen molar-refractivity contribution in [1.29, 1.82) is 0 Å². The number of aldehydes is 1. The average Bonchev–Trinajstić information content (AvgIpc) is 1.89. The Morgan fingerprint density at radius 1 is 1.08 bits per heavy atom. The van der Waals surface area contributed by atoms with Gasteiger partial charge in [-0.15, -0.1) is 0 Å². The molecule has 0 saturated carbocycles. The fourth-order valence-electron chi connectivity index (χ4n) is 0.515. The van der Waals surface area contributed by atoms with Crippen molar-refractivity contribution in [3.05, 3.63) is 0 Å². The number of hydrogen-bond donors (Lipinski definition) is 1. The highest BCUT2D eigenvalue weighted by atomic mass is 16.1. The first-order valence-corrected chi connectivity index (χ1v) is 4.32. The zero-order chi connectivity index (χ0) is 10.4. The Labute approximate surface area is 76.5 Å². The smallest absolute Gasteiger partial charge is 0.120 e. The predicted molar refractivity (Wildman–Crippen MR) is 54.0 cm³/mol. The number of nitrogens with two attached hydrogens (primary N) is 1. The molecule has 0 aromatic heterocycles. The molecule has 0 aliphatic heterocycles. The molecule has 0 aliphatic carbocycles. The maximum absolute atomic E-state index is 10.3. The molecular formula is C10H23NO. The molecule has 0 unspecified atom stereocenters. The van der Waals surface area contributed by atoms with Crippen LogP contribution in [0.2, 0.25) is 0 Å². The predicted octanol–water partition coefficient (Wildman–Crippen LogP) is 2.22. The third kappa shape index (κ3) is 4.50. The Hall–Kier alpha value is -0.370. The fourth-order valence-corrected chi connectivity index (χ4v) is 0.515. The number of carbonyl (C=O) groups is 1. The van der Waals surface area contributed by atoms with Crippen molar-refractivity contribution in [3.8, 4) is 0 Å². The van der Waals surface area contributed by atoms with Crippen LogP contribution in [0, 0.1) is 10.8 Å². The fraction of sp³-hybridized carbons (Fsp3) is 0.900. The Kier molecular flexibility index (Phi) is 6.27. The second-order valence-corrected chi connectivity index (χ2v) is 4.50. The molecule has 0 rings (SSSR count). The van der Waals surface area contributed by atoms with Gasteiger partial charge in [-0.25, -0.2) is 0 Å². The lowest BCUT2D eigenvalue weighted by Crippen LogP contribution is -2.29. The van der Waals surface area contributed by atoms with E-state index in [1.54, 1.807) is 0 Å². The molecule has 0 aliphatic rings. The summed E-state index contributed by atoms with van der Waals surface area (Å²) >= 11 is 0. The highest BCUT2D eigenvalue weighted by Gasteiger charge is 2.31. The Morgan fingerprint density at radius 3 is 1.50 bits per heavy atom. The molecule has 0 fully saturated rings. The van der Waals surface area contributed by atoms with E-state index in [0.29, 0.717) is 6.42 Å². The van der Waals surface area contributed by atoms with Gasteiger partial charge in [0.2, 0.25) is 0 Å². The van der Waals surface area contributed by atoms with E-state index in [9.17, 15) is 4.79 Å². The van der Waals surface area contributed by atoms with Gasteiger partial charge in [-0.3, -0.25) is 0 Å². The molecule has 0 saturated heterocycles. The molecule has 0 bridgehead atoms. The number of hydrogen-bond acceptors (Lipinski definition) is 2. The summed E-state index contributed by atoms with van der Waals surface area (Å²) in [6.07, 6.45) is 1.65. The van der Waals surface area contributed by atoms with Gasteiger partial charge < -0.3 is 10.5 Å². The van der Waals surface area contributed by atoms with Crippen molar-refractivity contribution in [2.75, 3.05) is 7.05 Å². The van der Waals surface area contributed by atoms with E-state index < -0.39 is 0 Å². The van der Waals surface area contributed by atoms with E-state index >= 15 is 0 Å². The van der Waals surface area contributed by atoms with Crippen LogP contribution in [0.3, 0.4) is 0 Å². The van der Waals surface area contributed by atoms with E-state index in [1.165, 1.54) is 7.05 Å². The lowest BCUT2D eigenvalue weighted by Gasteiger charge is -2.37. The third-order valence-electron chi connectivity index (χ3n) is 2.62. The van der Waals surface area contributed by atoms with E-state index in [2.05, 4.69) is 40.4 Å². The second-order valence-electron chi connectivity index (χ2n) is 4.50. The first-order valence-electron chi connectivity index (χ1n) is 4.32. The summed E-state index contributed by atoms with van der Waals surface area (Å²) in [5.41, 5.74) is 4.84. The quantitative estimate of drug-likeness (QED) is 0.651. The standard InChI is InChI=1S/C9H18O.CH5N/c1-8(2,3)9(4,5)6-7-10;1-2/h7H,6H2,1-5H3;2H2,1H3. The van der Waals surface area contributed by atoms with Crippen LogP contribution < -0.4 is 5.73 Å². The Bertz CT molecular complexity index is 122. The van der Waals surface area contributed by atoms with Crippen molar-refractivity contribution in [2.24, 2.45) is 16.6 Å². The van der Waals surface area contributed by atoms with E-state index in [4.69, 9.17) is 0 Å². The maximum Gasteiger partial charge on any atom is 0.120 e. The van der Waals surface area contributed by atoms with E-state index in [1.807, 2.05) is 0 Å². The van der Waals surface area contributed by atoms with Gasteiger partial charge in [0.05, 0.1) is 0 Å². The normalized spacial score (nSPS) is 11.6. The molecule has 0 atom stereocenters. The van der Waals surface area contributed by atoms with Crippen molar-refractivity contribution in [3.63, 3.8) is 0 Å². The summed E-state index contributed by atoms with van der Waals surface area (Å²) in [4.78, 5) is 10.3. The molecule has 0 spiro atoms. The highest BCUT2D eigenvalue weighted by Crippen LogP contribution is 2.39.